The van der Waals surface area contributed by atoms with Gasteiger partial charge in [0.1, 0.15) is 6.10 Å². The second-order valence-electron chi connectivity index (χ2n) is 8.37. The standard InChI is InChI=1S/C25H31NO2/c1-19(23(27)25-24(28-25)22-15-9-4-10-16-22)26(17-20-11-5-2-6-12-20)18-21-13-7-3-8-14-21/h2-3,5-8,11-14,19,22,24-25H,4,9-10,15-18H2,1H3/t19-,24?,25?/m0/s1. The normalized spacial score (nSPS) is 23.5. The van der Waals surface area contributed by atoms with Crippen LogP contribution in [0.15, 0.2) is 60.7 Å². The summed E-state index contributed by atoms with van der Waals surface area (Å²) < 4.78 is 5.91. The van der Waals surface area contributed by atoms with Crippen molar-refractivity contribution in [3.63, 3.8) is 0 Å². The van der Waals surface area contributed by atoms with E-state index in [0.29, 0.717) is 5.92 Å². The lowest BCUT2D eigenvalue weighted by Gasteiger charge is -2.28. The lowest BCUT2D eigenvalue weighted by atomic mass is 9.85. The Balaban J connectivity index is 1.44. The highest BCUT2D eigenvalue weighted by Crippen LogP contribution is 2.39. The SMILES string of the molecule is C[C@@H](C(=O)C1OC1C1CCCCC1)N(Cc1ccccc1)Cc1ccccc1. The number of benzene rings is 2. The average molecular weight is 378 g/mol. The second-order valence-corrected chi connectivity index (χ2v) is 8.37. The van der Waals surface area contributed by atoms with Crippen LogP contribution in [0.2, 0.25) is 0 Å². The molecule has 2 aromatic rings. The molecule has 3 heteroatoms. The molecule has 0 amide bonds. The van der Waals surface area contributed by atoms with Gasteiger partial charge in [0.2, 0.25) is 0 Å². The average Bonchev–Trinajstić information content (AvgIpc) is 3.55. The first-order valence-corrected chi connectivity index (χ1v) is 10.7. The zero-order valence-electron chi connectivity index (χ0n) is 16.8. The number of rotatable bonds is 8. The maximum atomic E-state index is 13.2. The van der Waals surface area contributed by atoms with Crippen LogP contribution in [-0.2, 0) is 22.6 Å². The van der Waals surface area contributed by atoms with Gasteiger partial charge < -0.3 is 4.74 Å². The molecule has 2 fully saturated rings. The maximum absolute atomic E-state index is 13.2. The number of epoxide rings is 1. The zero-order valence-corrected chi connectivity index (χ0v) is 16.8. The van der Waals surface area contributed by atoms with Crippen molar-refractivity contribution in [2.75, 3.05) is 0 Å². The predicted octanol–water partition coefficient (Wildman–Crippen LogP) is 4.99. The van der Waals surface area contributed by atoms with Crippen LogP contribution >= 0.6 is 0 Å². The fraction of sp³-hybridized carbons (Fsp3) is 0.480. The summed E-state index contributed by atoms with van der Waals surface area (Å²) in [5, 5.41) is 0. The van der Waals surface area contributed by atoms with E-state index in [4.69, 9.17) is 4.74 Å². The van der Waals surface area contributed by atoms with E-state index >= 15 is 0 Å². The van der Waals surface area contributed by atoms with E-state index in [2.05, 4.69) is 53.4 Å². The van der Waals surface area contributed by atoms with E-state index in [9.17, 15) is 4.79 Å². The number of carbonyl (C=O) groups excluding carboxylic acids is 1. The minimum Gasteiger partial charge on any atom is -0.361 e. The van der Waals surface area contributed by atoms with E-state index in [1.807, 2.05) is 19.1 Å². The molecule has 3 nitrogen and oxygen atoms in total. The van der Waals surface area contributed by atoms with Crippen molar-refractivity contribution in [2.24, 2.45) is 5.92 Å². The number of Topliss-reactive ketones (excluding diaryl/α,β-unsaturated/α-hetero) is 1. The van der Waals surface area contributed by atoms with E-state index in [-0.39, 0.29) is 24.0 Å². The first-order chi connectivity index (χ1) is 13.7. The number of ether oxygens (including phenoxy) is 1. The Kier molecular flexibility index (Phi) is 6.23. The first kappa shape index (κ1) is 19.4. The van der Waals surface area contributed by atoms with E-state index < -0.39 is 0 Å². The molecule has 28 heavy (non-hydrogen) atoms. The third kappa shape index (κ3) is 4.71. The predicted molar refractivity (Wildman–Crippen MR) is 112 cm³/mol. The van der Waals surface area contributed by atoms with Crippen molar-refractivity contribution in [3.05, 3.63) is 71.8 Å². The molecule has 1 saturated heterocycles. The Labute approximate surface area is 168 Å². The Morgan fingerprint density at radius 3 is 2.00 bits per heavy atom. The number of hydrogen-bond acceptors (Lipinski definition) is 3. The summed E-state index contributed by atoms with van der Waals surface area (Å²) in [5.41, 5.74) is 2.47. The Hall–Kier alpha value is -1.97. The molecule has 2 aromatic carbocycles. The minimum absolute atomic E-state index is 0.154. The van der Waals surface area contributed by atoms with Gasteiger partial charge in [0.25, 0.3) is 0 Å². The molecule has 3 atom stereocenters. The Morgan fingerprint density at radius 1 is 0.929 bits per heavy atom. The van der Waals surface area contributed by atoms with Crippen LogP contribution < -0.4 is 0 Å². The fourth-order valence-electron chi connectivity index (χ4n) is 4.56. The van der Waals surface area contributed by atoms with Gasteiger partial charge in [-0.3, -0.25) is 9.69 Å². The molecule has 1 aliphatic heterocycles. The van der Waals surface area contributed by atoms with Crippen molar-refractivity contribution in [3.8, 4) is 0 Å². The van der Waals surface area contributed by atoms with Gasteiger partial charge in [0, 0.05) is 13.1 Å². The lowest BCUT2D eigenvalue weighted by molar-refractivity contribution is -0.125. The van der Waals surface area contributed by atoms with E-state index in [1.54, 1.807) is 0 Å². The summed E-state index contributed by atoms with van der Waals surface area (Å²) in [6, 6.07) is 20.7. The fourth-order valence-corrected chi connectivity index (χ4v) is 4.56. The maximum Gasteiger partial charge on any atom is 0.181 e. The molecule has 2 aliphatic rings. The van der Waals surface area contributed by atoms with Gasteiger partial charge in [-0.25, -0.2) is 0 Å². The quantitative estimate of drug-likeness (QED) is 0.607. The van der Waals surface area contributed by atoms with Gasteiger partial charge in [-0.05, 0) is 36.8 Å². The van der Waals surface area contributed by atoms with Crippen LogP contribution in [0.5, 0.6) is 0 Å². The highest BCUT2D eigenvalue weighted by Gasteiger charge is 2.51. The largest absolute Gasteiger partial charge is 0.361 e. The van der Waals surface area contributed by atoms with Gasteiger partial charge in [-0.15, -0.1) is 0 Å². The molecule has 2 unspecified atom stereocenters. The molecule has 1 aliphatic carbocycles. The highest BCUT2D eigenvalue weighted by molar-refractivity contribution is 5.90. The molecule has 0 radical (unpaired) electrons. The molecule has 1 saturated carbocycles. The summed E-state index contributed by atoms with van der Waals surface area (Å²) in [7, 11) is 0. The van der Waals surface area contributed by atoms with Gasteiger partial charge >= 0.3 is 0 Å². The highest BCUT2D eigenvalue weighted by atomic mass is 16.6. The smallest absolute Gasteiger partial charge is 0.181 e. The Bertz CT molecular complexity index is 713. The molecule has 1 heterocycles. The van der Waals surface area contributed by atoms with Crippen molar-refractivity contribution in [1.29, 1.82) is 0 Å². The monoisotopic (exact) mass is 377 g/mol. The second kappa shape index (κ2) is 9.02. The molecule has 4 rings (SSSR count). The lowest BCUT2D eigenvalue weighted by Crippen LogP contribution is -2.41. The number of ketones is 1. The molecule has 0 bridgehead atoms. The Morgan fingerprint density at radius 2 is 1.46 bits per heavy atom. The van der Waals surface area contributed by atoms with Crippen molar-refractivity contribution < 1.29 is 9.53 Å². The third-order valence-corrected chi connectivity index (χ3v) is 6.34. The summed E-state index contributed by atoms with van der Waals surface area (Å²) in [5.74, 6) is 0.842. The molecule has 148 valence electrons. The molecule has 0 spiro atoms. The van der Waals surface area contributed by atoms with Crippen molar-refractivity contribution in [2.45, 2.75) is 70.4 Å². The van der Waals surface area contributed by atoms with Gasteiger partial charge in [0.15, 0.2) is 5.78 Å². The van der Waals surface area contributed by atoms with Gasteiger partial charge in [0.05, 0.1) is 12.1 Å². The van der Waals surface area contributed by atoms with Gasteiger partial charge in [-0.2, -0.15) is 0 Å². The van der Waals surface area contributed by atoms with Crippen molar-refractivity contribution >= 4 is 5.78 Å². The third-order valence-electron chi connectivity index (χ3n) is 6.34. The van der Waals surface area contributed by atoms with Crippen LogP contribution in [-0.4, -0.2) is 28.9 Å². The van der Waals surface area contributed by atoms with Gasteiger partial charge in [-0.1, -0.05) is 79.9 Å². The van der Waals surface area contributed by atoms with Crippen LogP contribution in [0.25, 0.3) is 0 Å². The summed E-state index contributed by atoms with van der Waals surface area (Å²) in [6.07, 6.45) is 6.34. The van der Waals surface area contributed by atoms with Crippen LogP contribution in [0, 0.1) is 5.92 Å². The van der Waals surface area contributed by atoms with E-state index in [0.717, 1.165) is 13.1 Å². The molecule has 0 aromatic heterocycles. The summed E-state index contributed by atoms with van der Waals surface area (Å²) >= 11 is 0. The summed E-state index contributed by atoms with van der Waals surface area (Å²) in [4.78, 5) is 15.5. The van der Waals surface area contributed by atoms with E-state index in [1.165, 1.54) is 43.2 Å². The number of nitrogens with zero attached hydrogens (tertiary/aromatic N) is 1. The van der Waals surface area contributed by atoms with Crippen LogP contribution in [0.4, 0.5) is 0 Å². The minimum atomic E-state index is -0.188. The van der Waals surface area contributed by atoms with Crippen LogP contribution in [0.3, 0.4) is 0 Å². The molecule has 0 N–H and O–H groups in total. The zero-order chi connectivity index (χ0) is 19.3. The number of carbonyl (C=O) groups is 1. The van der Waals surface area contributed by atoms with Crippen molar-refractivity contribution in [1.82, 2.24) is 4.90 Å². The molecular weight excluding hydrogens is 346 g/mol. The first-order valence-electron chi connectivity index (χ1n) is 10.7. The summed E-state index contributed by atoms with van der Waals surface area (Å²) in [6.45, 7) is 3.58. The topological polar surface area (TPSA) is 32.8 Å². The van der Waals surface area contributed by atoms with Crippen LogP contribution in [0.1, 0.15) is 50.2 Å². The number of hydrogen-bond donors (Lipinski definition) is 0. The molecular formula is C25H31NO2.